The van der Waals surface area contributed by atoms with Gasteiger partial charge in [0, 0.05) is 8.95 Å². The summed E-state index contributed by atoms with van der Waals surface area (Å²) in [4.78, 5) is 11.0. The summed E-state index contributed by atoms with van der Waals surface area (Å²) in [5, 5.41) is 9.02. The molecule has 2 atom stereocenters. The Kier molecular flexibility index (Phi) is 4.37. The van der Waals surface area contributed by atoms with Crippen LogP contribution in [0.2, 0.25) is 0 Å². The molecule has 2 aliphatic carbocycles. The van der Waals surface area contributed by atoms with E-state index in [1.165, 1.54) is 50.5 Å². The highest BCUT2D eigenvalue weighted by atomic mass is 79.9. The van der Waals surface area contributed by atoms with Gasteiger partial charge >= 0.3 is 5.97 Å². The maximum Gasteiger partial charge on any atom is 0.335 e. The van der Waals surface area contributed by atoms with Crippen LogP contribution in [0.15, 0.2) is 39.3 Å². The van der Waals surface area contributed by atoms with Gasteiger partial charge in [-0.25, -0.2) is 4.79 Å². The first-order valence-electron chi connectivity index (χ1n) is 8.49. The first kappa shape index (κ1) is 17.0. The SMILES string of the molecule is CC(=Cc1ccc(C(=O)O)cc1)c1cc(Br)c2c(c1Br)[C@H]1CC[C@@H]2C1. The molecular weight excluding hydrogens is 444 g/mol. The minimum absolute atomic E-state index is 0.312. The van der Waals surface area contributed by atoms with Crippen molar-refractivity contribution in [1.82, 2.24) is 0 Å². The van der Waals surface area contributed by atoms with Gasteiger partial charge in [-0.15, -0.1) is 0 Å². The van der Waals surface area contributed by atoms with E-state index in [1.807, 2.05) is 12.1 Å². The van der Waals surface area contributed by atoms with Crippen LogP contribution in [0.4, 0.5) is 0 Å². The van der Waals surface area contributed by atoms with E-state index in [0.29, 0.717) is 17.4 Å². The van der Waals surface area contributed by atoms with Gasteiger partial charge in [-0.05, 0) is 100.0 Å². The number of allylic oxidation sites excluding steroid dienone is 1. The number of carboxylic acid groups (broad SMARTS) is 1. The second kappa shape index (κ2) is 6.40. The van der Waals surface area contributed by atoms with Gasteiger partial charge in [-0.3, -0.25) is 0 Å². The number of fused-ring (bicyclic) bond motifs is 5. The third kappa shape index (κ3) is 2.89. The van der Waals surface area contributed by atoms with Crippen LogP contribution in [0.25, 0.3) is 11.6 Å². The van der Waals surface area contributed by atoms with E-state index in [1.54, 1.807) is 12.1 Å². The summed E-state index contributed by atoms with van der Waals surface area (Å²) in [6.45, 7) is 2.11. The monoisotopic (exact) mass is 460 g/mol. The van der Waals surface area contributed by atoms with E-state index in [2.05, 4.69) is 50.9 Å². The molecule has 2 aliphatic rings. The maximum absolute atomic E-state index is 11.0. The summed E-state index contributed by atoms with van der Waals surface area (Å²) in [5.41, 5.74) is 6.70. The topological polar surface area (TPSA) is 37.3 Å². The lowest BCUT2D eigenvalue weighted by atomic mass is 9.89. The van der Waals surface area contributed by atoms with Crippen molar-refractivity contribution in [3.63, 3.8) is 0 Å². The average Bonchev–Trinajstić information content (AvgIpc) is 3.20. The first-order valence-corrected chi connectivity index (χ1v) is 10.1. The van der Waals surface area contributed by atoms with Crippen LogP contribution in [0, 0.1) is 0 Å². The molecule has 2 bridgehead atoms. The lowest BCUT2D eigenvalue weighted by Gasteiger charge is -2.21. The fourth-order valence-electron chi connectivity index (χ4n) is 4.32. The molecule has 2 nitrogen and oxygen atoms in total. The van der Waals surface area contributed by atoms with Gasteiger partial charge in [0.25, 0.3) is 0 Å². The summed E-state index contributed by atoms with van der Waals surface area (Å²) in [6.07, 6.45) is 6.01. The molecule has 0 amide bonds. The quantitative estimate of drug-likeness (QED) is 0.508. The maximum atomic E-state index is 11.0. The first-order chi connectivity index (χ1) is 12.0. The minimum Gasteiger partial charge on any atom is -0.478 e. The lowest BCUT2D eigenvalue weighted by molar-refractivity contribution is 0.0697. The van der Waals surface area contributed by atoms with Crippen LogP contribution in [0.1, 0.15) is 70.6 Å². The van der Waals surface area contributed by atoms with Crippen LogP contribution in [0.3, 0.4) is 0 Å². The van der Waals surface area contributed by atoms with Gasteiger partial charge in [0.1, 0.15) is 0 Å². The van der Waals surface area contributed by atoms with E-state index in [4.69, 9.17) is 5.11 Å². The van der Waals surface area contributed by atoms with Gasteiger partial charge in [-0.2, -0.15) is 0 Å². The van der Waals surface area contributed by atoms with E-state index < -0.39 is 5.97 Å². The summed E-state index contributed by atoms with van der Waals surface area (Å²) < 4.78 is 2.45. The third-order valence-electron chi connectivity index (χ3n) is 5.51. The second-order valence-corrected chi connectivity index (χ2v) is 8.66. The number of rotatable bonds is 3. The molecule has 2 aromatic rings. The van der Waals surface area contributed by atoms with Crippen molar-refractivity contribution in [2.45, 2.75) is 38.0 Å². The Bertz CT molecular complexity index is 897. The molecule has 0 spiro atoms. The molecule has 128 valence electrons. The molecule has 0 aromatic heterocycles. The molecule has 0 radical (unpaired) electrons. The van der Waals surface area contributed by atoms with E-state index >= 15 is 0 Å². The van der Waals surface area contributed by atoms with Gasteiger partial charge in [0.2, 0.25) is 0 Å². The van der Waals surface area contributed by atoms with Crippen molar-refractivity contribution in [1.29, 1.82) is 0 Å². The summed E-state index contributed by atoms with van der Waals surface area (Å²) >= 11 is 7.67. The van der Waals surface area contributed by atoms with Gasteiger partial charge in [-0.1, -0.05) is 34.1 Å². The van der Waals surface area contributed by atoms with Crippen LogP contribution in [-0.2, 0) is 0 Å². The normalized spacial score (nSPS) is 21.5. The number of carboxylic acids is 1. The Balaban J connectivity index is 1.73. The van der Waals surface area contributed by atoms with E-state index in [0.717, 1.165) is 5.56 Å². The summed E-state index contributed by atoms with van der Waals surface area (Å²) in [5.74, 6) is 0.508. The zero-order valence-corrected chi connectivity index (χ0v) is 17.0. The Morgan fingerprint density at radius 3 is 2.40 bits per heavy atom. The molecule has 0 unspecified atom stereocenters. The van der Waals surface area contributed by atoms with Crippen molar-refractivity contribution in [3.05, 3.63) is 67.1 Å². The molecular formula is C21H18Br2O2. The molecule has 1 fully saturated rings. The second-order valence-electron chi connectivity index (χ2n) is 7.01. The van der Waals surface area contributed by atoms with Gasteiger partial charge in [0.15, 0.2) is 0 Å². The molecule has 4 rings (SSSR count). The Hall–Kier alpha value is -1.39. The van der Waals surface area contributed by atoms with Crippen molar-refractivity contribution < 1.29 is 9.90 Å². The average molecular weight is 462 g/mol. The van der Waals surface area contributed by atoms with Crippen LogP contribution >= 0.6 is 31.9 Å². The fraction of sp³-hybridized carbons (Fsp3) is 0.286. The van der Waals surface area contributed by atoms with E-state index in [9.17, 15) is 4.79 Å². The van der Waals surface area contributed by atoms with Gasteiger partial charge < -0.3 is 5.11 Å². The van der Waals surface area contributed by atoms with Crippen LogP contribution in [0.5, 0.6) is 0 Å². The van der Waals surface area contributed by atoms with Crippen molar-refractivity contribution in [3.8, 4) is 0 Å². The van der Waals surface area contributed by atoms with Crippen LogP contribution in [-0.4, -0.2) is 11.1 Å². The number of hydrogen-bond acceptors (Lipinski definition) is 1. The predicted octanol–water partition coefficient (Wildman–Crippen LogP) is 6.84. The van der Waals surface area contributed by atoms with E-state index in [-0.39, 0.29) is 0 Å². The molecule has 0 heterocycles. The van der Waals surface area contributed by atoms with Crippen molar-refractivity contribution >= 4 is 49.5 Å². The smallest absolute Gasteiger partial charge is 0.335 e. The Morgan fingerprint density at radius 1 is 1.12 bits per heavy atom. The summed E-state index contributed by atoms with van der Waals surface area (Å²) in [7, 11) is 0. The Labute approximate surface area is 164 Å². The highest BCUT2D eigenvalue weighted by molar-refractivity contribution is 9.11. The highest BCUT2D eigenvalue weighted by Gasteiger charge is 2.40. The highest BCUT2D eigenvalue weighted by Crippen LogP contribution is 2.58. The van der Waals surface area contributed by atoms with Crippen LogP contribution < -0.4 is 0 Å². The third-order valence-corrected chi connectivity index (χ3v) is 7.02. The molecule has 0 aliphatic heterocycles. The molecule has 1 saturated carbocycles. The molecule has 25 heavy (non-hydrogen) atoms. The standard InChI is InChI=1S/C21H18Br2O2/c1-11(8-12-2-4-13(5-3-12)21(24)25)16-10-17(22)18-14-6-7-15(9-14)19(18)20(16)23/h2-5,8,10,14-15H,6-7,9H2,1H3,(H,24,25)/t14-,15+/m1/s1. The van der Waals surface area contributed by atoms with Crippen molar-refractivity contribution in [2.75, 3.05) is 0 Å². The summed E-state index contributed by atoms with van der Waals surface area (Å²) in [6, 6.07) is 9.22. The molecule has 4 heteroatoms. The minimum atomic E-state index is -0.896. The number of aromatic carboxylic acids is 1. The molecule has 2 aromatic carbocycles. The van der Waals surface area contributed by atoms with Gasteiger partial charge in [0.05, 0.1) is 5.56 Å². The zero-order valence-electron chi connectivity index (χ0n) is 13.9. The molecule has 1 N–H and O–H groups in total. The molecule has 0 saturated heterocycles. The number of halogens is 2. The zero-order chi connectivity index (χ0) is 17.7. The lowest BCUT2D eigenvalue weighted by Crippen LogP contribution is -2.02. The number of carbonyl (C=O) groups is 1. The predicted molar refractivity (Wildman–Crippen MR) is 108 cm³/mol. The fourth-order valence-corrected chi connectivity index (χ4v) is 6.05. The largest absolute Gasteiger partial charge is 0.478 e. The number of hydrogen-bond donors (Lipinski definition) is 1. The number of benzene rings is 2. The van der Waals surface area contributed by atoms with Crippen molar-refractivity contribution in [2.24, 2.45) is 0 Å². The Morgan fingerprint density at radius 2 is 1.76 bits per heavy atom.